The first-order valence-corrected chi connectivity index (χ1v) is 6.34. The lowest BCUT2D eigenvalue weighted by molar-refractivity contribution is -0.137. The molecule has 4 nitrogen and oxygen atoms in total. The number of hydrogen-bond acceptors (Lipinski definition) is 3. The maximum atomic E-state index is 12.4. The van der Waals surface area contributed by atoms with Gasteiger partial charge in [-0.1, -0.05) is 12.8 Å². The molecule has 0 aromatic heterocycles. The summed E-state index contributed by atoms with van der Waals surface area (Å²) in [5.41, 5.74) is 11.8. The second kappa shape index (κ2) is 4.34. The van der Waals surface area contributed by atoms with E-state index in [0.29, 0.717) is 6.54 Å². The van der Waals surface area contributed by atoms with E-state index in [1.807, 2.05) is 11.8 Å². The highest BCUT2D eigenvalue weighted by atomic mass is 16.2. The van der Waals surface area contributed by atoms with Gasteiger partial charge in [-0.25, -0.2) is 0 Å². The highest BCUT2D eigenvalue weighted by Crippen LogP contribution is 2.33. The molecule has 4 N–H and O–H groups in total. The molecule has 4 heteroatoms. The molecular weight excluding hydrogens is 202 g/mol. The smallest absolute Gasteiger partial charge is 0.227 e. The molecule has 0 bridgehead atoms. The van der Waals surface area contributed by atoms with Crippen molar-refractivity contribution in [2.45, 2.75) is 50.6 Å². The molecule has 3 unspecified atom stereocenters. The topological polar surface area (TPSA) is 72.4 Å². The molecule has 92 valence electrons. The average Bonchev–Trinajstić information content (AvgIpc) is 2.63. The van der Waals surface area contributed by atoms with Gasteiger partial charge in [-0.15, -0.1) is 0 Å². The minimum absolute atomic E-state index is 0.00606. The molecule has 1 amide bonds. The van der Waals surface area contributed by atoms with E-state index in [9.17, 15) is 4.79 Å². The molecule has 0 radical (unpaired) electrons. The van der Waals surface area contributed by atoms with Gasteiger partial charge in [-0.05, 0) is 26.2 Å². The zero-order chi connectivity index (χ0) is 11.8. The molecule has 2 fully saturated rings. The van der Waals surface area contributed by atoms with Crippen LogP contribution in [0.2, 0.25) is 0 Å². The molecule has 1 saturated heterocycles. The molecule has 1 aliphatic heterocycles. The summed E-state index contributed by atoms with van der Waals surface area (Å²) in [4.78, 5) is 14.3. The largest absolute Gasteiger partial charge is 0.341 e. The van der Waals surface area contributed by atoms with Gasteiger partial charge >= 0.3 is 0 Å². The van der Waals surface area contributed by atoms with Crippen molar-refractivity contribution in [3.8, 4) is 0 Å². The predicted octanol–water partition coefficient (Wildman–Crippen LogP) is 0.454. The van der Waals surface area contributed by atoms with Crippen molar-refractivity contribution in [3.63, 3.8) is 0 Å². The number of carbonyl (C=O) groups is 1. The van der Waals surface area contributed by atoms with Gasteiger partial charge in [0.15, 0.2) is 0 Å². The van der Waals surface area contributed by atoms with Crippen LogP contribution in [-0.2, 0) is 4.79 Å². The molecule has 1 saturated carbocycles. The summed E-state index contributed by atoms with van der Waals surface area (Å²) in [5, 5.41) is 0. The second-order valence-corrected chi connectivity index (χ2v) is 5.64. The van der Waals surface area contributed by atoms with Crippen LogP contribution in [0.1, 0.15) is 39.0 Å². The number of likely N-dealkylation sites (tertiary alicyclic amines) is 1. The Morgan fingerprint density at radius 3 is 2.69 bits per heavy atom. The van der Waals surface area contributed by atoms with Crippen LogP contribution < -0.4 is 11.5 Å². The molecule has 2 aliphatic rings. The highest BCUT2D eigenvalue weighted by Gasteiger charge is 2.40. The van der Waals surface area contributed by atoms with E-state index < -0.39 is 0 Å². The predicted molar refractivity (Wildman–Crippen MR) is 63.7 cm³/mol. The third-order valence-corrected chi connectivity index (χ3v) is 4.09. The van der Waals surface area contributed by atoms with E-state index >= 15 is 0 Å². The molecular formula is C12H23N3O. The van der Waals surface area contributed by atoms with Crippen LogP contribution in [-0.4, -0.2) is 35.5 Å². The van der Waals surface area contributed by atoms with Crippen LogP contribution >= 0.6 is 0 Å². The summed E-state index contributed by atoms with van der Waals surface area (Å²) in [5.74, 6) is 0.240. The fourth-order valence-electron chi connectivity index (χ4n) is 2.97. The van der Waals surface area contributed by atoms with Crippen molar-refractivity contribution in [2.75, 3.05) is 13.1 Å². The maximum Gasteiger partial charge on any atom is 0.227 e. The van der Waals surface area contributed by atoms with Gasteiger partial charge in [0.1, 0.15) is 0 Å². The lowest BCUT2D eigenvalue weighted by Crippen LogP contribution is -2.53. The number of carbonyl (C=O) groups excluding carboxylic acids is 1. The normalized spacial score (nSPS) is 40.1. The van der Waals surface area contributed by atoms with Crippen molar-refractivity contribution in [3.05, 3.63) is 0 Å². The number of nitrogens with zero attached hydrogens (tertiary/aromatic N) is 1. The lowest BCUT2D eigenvalue weighted by atomic mass is 9.74. The first kappa shape index (κ1) is 11.9. The Hall–Kier alpha value is -0.610. The molecule has 0 aromatic rings. The van der Waals surface area contributed by atoms with Gasteiger partial charge in [-0.3, -0.25) is 4.79 Å². The number of rotatable bonds is 1. The van der Waals surface area contributed by atoms with E-state index in [2.05, 4.69) is 0 Å². The quantitative estimate of drug-likeness (QED) is 0.680. The zero-order valence-corrected chi connectivity index (χ0v) is 10.1. The summed E-state index contributed by atoms with van der Waals surface area (Å²) in [6.45, 7) is 3.54. The van der Waals surface area contributed by atoms with E-state index in [1.165, 1.54) is 0 Å². The molecule has 1 aliphatic carbocycles. The number of amides is 1. The monoisotopic (exact) mass is 225 g/mol. The molecule has 0 aromatic carbocycles. The Balaban J connectivity index is 2.03. The highest BCUT2D eigenvalue weighted by molar-refractivity contribution is 5.80. The Kier molecular flexibility index (Phi) is 3.22. The Morgan fingerprint density at radius 2 is 2.12 bits per heavy atom. The van der Waals surface area contributed by atoms with Gasteiger partial charge in [-0.2, -0.15) is 0 Å². The SMILES string of the molecule is CC1(N)CCCCC1C(=O)N1CCC(N)C1. The number of hydrogen-bond donors (Lipinski definition) is 2. The van der Waals surface area contributed by atoms with Gasteiger partial charge in [0.2, 0.25) is 5.91 Å². The van der Waals surface area contributed by atoms with E-state index in [1.54, 1.807) is 0 Å². The minimum atomic E-state index is -0.317. The van der Waals surface area contributed by atoms with E-state index in [4.69, 9.17) is 11.5 Å². The minimum Gasteiger partial charge on any atom is -0.341 e. The maximum absolute atomic E-state index is 12.4. The van der Waals surface area contributed by atoms with Crippen LogP contribution in [0.4, 0.5) is 0 Å². The van der Waals surface area contributed by atoms with Crippen molar-refractivity contribution in [2.24, 2.45) is 17.4 Å². The zero-order valence-electron chi connectivity index (χ0n) is 10.1. The van der Waals surface area contributed by atoms with Gasteiger partial charge in [0.05, 0.1) is 5.92 Å². The average molecular weight is 225 g/mol. The first-order chi connectivity index (χ1) is 7.50. The van der Waals surface area contributed by atoms with Crippen LogP contribution in [0.5, 0.6) is 0 Å². The molecule has 3 atom stereocenters. The van der Waals surface area contributed by atoms with E-state index in [0.717, 1.165) is 38.6 Å². The third kappa shape index (κ3) is 2.23. The van der Waals surface area contributed by atoms with Crippen molar-refractivity contribution in [1.29, 1.82) is 0 Å². The fourth-order valence-corrected chi connectivity index (χ4v) is 2.97. The summed E-state index contributed by atoms with van der Waals surface area (Å²) < 4.78 is 0. The van der Waals surface area contributed by atoms with Gasteiger partial charge in [0.25, 0.3) is 0 Å². The van der Waals surface area contributed by atoms with Gasteiger partial charge in [0, 0.05) is 24.7 Å². The lowest BCUT2D eigenvalue weighted by Gasteiger charge is -2.39. The summed E-state index contributed by atoms with van der Waals surface area (Å²) >= 11 is 0. The molecule has 2 rings (SSSR count). The summed E-state index contributed by atoms with van der Waals surface area (Å²) in [7, 11) is 0. The van der Waals surface area contributed by atoms with Crippen LogP contribution in [0.15, 0.2) is 0 Å². The third-order valence-electron chi connectivity index (χ3n) is 4.09. The van der Waals surface area contributed by atoms with Crippen molar-refractivity contribution < 1.29 is 4.79 Å². The molecule has 16 heavy (non-hydrogen) atoms. The first-order valence-electron chi connectivity index (χ1n) is 6.34. The van der Waals surface area contributed by atoms with Crippen LogP contribution in [0.25, 0.3) is 0 Å². The molecule has 1 heterocycles. The van der Waals surface area contributed by atoms with Crippen LogP contribution in [0, 0.1) is 5.92 Å². The summed E-state index contributed by atoms with van der Waals surface area (Å²) in [6.07, 6.45) is 5.11. The fraction of sp³-hybridized carbons (Fsp3) is 0.917. The van der Waals surface area contributed by atoms with E-state index in [-0.39, 0.29) is 23.4 Å². The Morgan fingerprint density at radius 1 is 1.38 bits per heavy atom. The summed E-state index contributed by atoms with van der Waals surface area (Å²) in [6, 6.07) is 0.163. The molecule has 0 spiro atoms. The van der Waals surface area contributed by atoms with Crippen LogP contribution in [0.3, 0.4) is 0 Å². The Labute approximate surface area is 97.3 Å². The van der Waals surface area contributed by atoms with Crippen molar-refractivity contribution >= 4 is 5.91 Å². The second-order valence-electron chi connectivity index (χ2n) is 5.64. The Bertz CT molecular complexity index is 277. The number of nitrogens with two attached hydrogens (primary N) is 2. The standard InChI is InChI=1S/C12H23N3O/c1-12(14)6-3-2-4-10(12)11(16)15-7-5-9(13)8-15/h9-10H,2-8,13-14H2,1H3. The van der Waals surface area contributed by atoms with Crippen molar-refractivity contribution in [1.82, 2.24) is 4.90 Å². The van der Waals surface area contributed by atoms with Gasteiger partial charge < -0.3 is 16.4 Å².